The van der Waals surface area contributed by atoms with Gasteiger partial charge in [-0.15, -0.1) is 0 Å². The predicted octanol–water partition coefficient (Wildman–Crippen LogP) is 0.271. The maximum Gasteiger partial charge on any atom is 0.136 e. The zero-order valence-electron chi connectivity index (χ0n) is 20.6. The van der Waals surface area contributed by atoms with E-state index in [1.807, 2.05) is 0 Å². The number of nitrogens with zero attached hydrogens (tertiary/aromatic N) is 1. The molecule has 5 aliphatic carbocycles. The molecular formula is C25H41NO7. The molecule has 8 heteroatoms. The van der Waals surface area contributed by atoms with Gasteiger partial charge in [0.25, 0.3) is 0 Å². The Morgan fingerprint density at radius 2 is 1.82 bits per heavy atom. The van der Waals surface area contributed by atoms with E-state index in [-0.39, 0.29) is 47.3 Å². The molecule has 1 saturated heterocycles. The lowest BCUT2D eigenvalue weighted by atomic mass is 9.42. The van der Waals surface area contributed by atoms with Gasteiger partial charge in [0.15, 0.2) is 0 Å². The Morgan fingerprint density at radius 3 is 2.42 bits per heavy atom. The van der Waals surface area contributed by atoms with Gasteiger partial charge in [-0.25, -0.2) is 0 Å². The largest absolute Gasteiger partial charge is 0.392 e. The number of methoxy groups -OCH3 is 4. The van der Waals surface area contributed by atoms with Gasteiger partial charge in [-0.3, -0.25) is 4.90 Å². The van der Waals surface area contributed by atoms with Crippen molar-refractivity contribution in [3.63, 3.8) is 0 Å². The van der Waals surface area contributed by atoms with Gasteiger partial charge in [0.2, 0.25) is 0 Å². The van der Waals surface area contributed by atoms with Crippen molar-refractivity contribution in [3.8, 4) is 0 Å². The zero-order valence-corrected chi connectivity index (χ0v) is 20.6. The molecule has 0 aromatic heterocycles. The lowest BCUT2D eigenvalue weighted by molar-refractivity contribution is -0.318. The van der Waals surface area contributed by atoms with Gasteiger partial charge in [-0.2, -0.15) is 0 Å². The molecule has 1 heterocycles. The number of hydrogen-bond acceptors (Lipinski definition) is 8. The Balaban J connectivity index is 1.67. The fourth-order valence-electron chi connectivity index (χ4n) is 11.0. The zero-order chi connectivity index (χ0) is 23.6. The molecule has 13 atom stereocenters. The number of aliphatic hydroxyl groups is 3. The first-order chi connectivity index (χ1) is 15.8. The van der Waals surface area contributed by atoms with Gasteiger partial charge in [-0.1, -0.05) is 6.92 Å². The van der Waals surface area contributed by atoms with Crippen LogP contribution in [0.4, 0.5) is 0 Å². The second-order valence-electron chi connectivity index (χ2n) is 11.9. The highest BCUT2D eigenvalue weighted by atomic mass is 16.5. The Labute approximate surface area is 196 Å². The molecule has 5 saturated carbocycles. The Morgan fingerprint density at radius 1 is 1.06 bits per heavy atom. The minimum Gasteiger partial charge on any atom is -0.392 e. The number of hydrogen-bond donors (Lipinski definition) is 3. The fourth-order valence-corrected chi connectivity index (χ4v) is 11.0. The van der Waals surface area contributed by atoms with E-state index in [2.05, 4.69) is 11.8 Å². The molecule has 0 radical (unpaired) electrons. The van der Waals surface area contributed by atoms with Crippen molar-refractivity contribution in [3.05, 3.63) is 0 Å². The molecule has 1 aliphatic heterocycles. The van der Waals surface area contributed by atoms with Crippen molar-refractivity contribution in [1.29, 1.82) is 0 Å². The van der Waals surface area contributed by atoms with E-state index >= 15 is 0 Å². The van der Waals surface area contributed by atoms with E-state index in [0.29, 0.717) is 19.4 Å². The third-order valence-corrected chi connectivity index (χ3v) is 11.5. The molecular weight excluding hydrogens is 426 g/mol. The molecule has 0 aromatic rings. The van der Waals surface area contributed by atoms with Crippen LogP contribution in [0.1, 0.15) is 32.6 Å². The molecule has 0 unspecified atom stereocenters. The summed E-state index contributed by atoms with van der Waals surface area (Å²) in [5, 5.41) is 37.6. The summed E-state index contributed by atoms with van der Waals surface area (Å²) >= 11 is 0. The van der Waals surface area contributed by atoms with Crippen LogP contribution >= 0.6 is 0 Å². The van der Waals surface area contributed by atoms with Crippen LogP contribution in [-0.4, -0.2) is 110 Å². The molecule has 188 valence electrons. The Kier molecular flexibility index (Phi) is 4.99. The summed E-state index contributed by atoms with van der Waals surface area (Å²) < 4.78 is 24.0. The summed E-state index contributed by atoms with van der Waals surface area (Å²) in [6, 6.07) is -0.386. The maximum atomic E-state index is 12.9. The SMILES string of the molecule is CCN1C[C@@]2(COC)CC[C@H](O)[C@@]34[C@@H]5C[C@@H]6[C@@H](OC)[C@@H]5[C@@](O)(C[C@H]6OC)[C@@](O)([C@H](OC)[C@@H]23)[C@@H]14. The summed E-state index contributed by atoms with van der Waals surface area (Å²) in [6.45, 7) is 4.18. The van der Waals surface area contributed by atoms with E-state index < -0.39 is 28.8 Å². The summed E-state index contributed by atoms with van der Waals surface area (Å²) in [7, 11) is 6.79. The minimum atomic E-state index is -1.55. The van der Waals surface area contributed by atoms with E-state index in [0.717, 1.165) is 25.9 Å². The van der Waals surface area contributed by atoms with E-state index in [1.165, 1.54) is 0 Å². The highest BCUT2D eigenvalue weighted by Crippen LogP contribution is 2.80. The van der Waals surface area contributed by atoms with Gasteiger partial charge in [0, 0.05) is 70.0 Å². The quantitative estimate of drug-likeness (QED) is 0.512. The van der Waals surface area contributed by atoms with Gasteiger partial charge >= 0.3 is 0 Å². The number of ether oxygens (including phenoxy) is 4. The Hall–Kier alpha value is -0.320. The average molecular weight is 468 g/mol. The highest BCUT2D eigenvalue weighted by molar-refractivity contribution is 5.41. The number of rotatable bonds is 6. The first kappa shape index (κ1) is 23.1. The normalized spacial score (nSPS) is 60.9. The summed E-state index contributed by atoms with van der Waals surface area (Å²) in [6.07, 6.45) is 1.06. The van der Waals surface area contributed by atoms with Gasteiger partial charge in [0.05, 0.1) is 37.1 Å². The van der Waals surface area contributed by atoms with Crippen molar-refractivity contribution in [2.45, 2.75) is 74.3 Å². The predicted molar refractivity (Wildman–Crippen MR) is 119 cm³/mol. The average Bonchev–Trinajstić information content (AvgIpc) is 3.22. The summed E-state index contributed by atoms with van der Waals surface area (Å²) in [5.74, 6) is -0.231. The van der Waals surface area contributed by atoms with Crippen LogP contribution < -0.4 is 0 Å². The van der Waals surface area contributed by atoms with Crippen molar-refractivity contribution in [2.24, 2.45) is 34.5 Å². The topological polar surface area (TPSA) is 101 Å². The first-order valence-electron chi connectivity index (χ1n) is 12.7. The third-order valence-electron chi connectivity index (χ3n) is 11.5. The molecule has 6 aliphatic rings. The number of likely N-dealkylation sites (tertiary alicyclic amines) is 1. The fraction of sp³-hybridized carbons (Fsp3) is 1.00. The second-order valence-corrected chi connectivity index (χ2v) is 11.9. The number of piperidine rings is 1. The molecule has 3 N–H and O–H groups in total. The van der Waals surface area contributed by atoms with Crippen LogP contribution in [0.2, 0.25) is 0 Å². The van der Waals surface area contributed by atoms with Crippen LogP contribution in [0.3, 0.4) is 0 Å². The highest BCUT2D eigenvalue weighted by Gasteiger charge is 2.91. The van der Waals surface area contributed by atoms with Gasteiger partial charge in [0.1, 0.15) is 11.2 Å². The molecule has 6 rings (SSSR count). The lowest BCUT2D eigenvalue weighted by Gasteiger charge is -2.69. The standard InChI is InChI=1S/C25H41NO7/c1-6-26-11-22(12-30-2)8-7-16(27)24-14-9-13-15(31-3)10-23(28,17(14)18(13)32-4)25(29,21(24)26)20(33-5)19(22)24/h13-21,27-29H,6-12H2,1-5H3/t13-,14+,15+,16-,17+,18+,19-,20+,21-,22+,23-,24-,25+/m0/s1. The molecule has 0 amide bonds. The van der Waals surface area contributed by atoms with Crippen LogP contribution in [0.5, 0.6) is 0 Å². The van der Waals surface area contributed by atoms with E-state index in [1.54, 1.807) is 28.4 Å². The minimum absolute atomic E-state index is 0.00825. The van der Waals surface area contributed by atoms with Crippen LogP contribution in [0.25, 0.3) is 0 Å². The molecule has 33 heavy (non-hydrogen) atoms. The summed E-state index contributed by atoms with van der Waals surface area (Å²) in [4.78, 5) is 2.33. The van der Waals surface area contributed by atoms with Crippen LogP contribution in [0.15, 0.2) is 0 Å². The van der Waals surface area contributed by atoms with Crippen molar-refractivity contribution < 1.29 is 34.3 Å². The molecule has 6 fully saturated rings. The summed E-state index contributed by atoms with van der Waals surface area (Å²) in [5.41, 5.74) is -3.82. The van der Waals surface area contributed by atoms with Crippen LogP contribution in [0, 0.1) is 34.5 Å². The monoisotopic (exact) mass is 467 g/mol. The lowest BCUT2D eigenvalue weighted by Crippen LogP contribution is -2.82. The molecule has 0 aromatic carbocycles. The van der Waals surface area contributed by atoms with Crippen molar-refractivity contribution in [1.82, 2.24) is 4.90 Å². The van der Waals surface area contributed by atoms with E-state index in [4.69, 9.17) is 18.9 Å². The number of aliphatic hydroxyl groups excluding tert-OH is 1. The second kappa shape index (κ2) is 7.13. The van der Waals surface area contributed by atoms with Crippen molar-refractivity contribution >= 4 is 0 Å². The van der Waals surface area contributed by atoms with Crippen LogP contribution in [-0.2, 0) is 18.9 Å². The Bertz CT molecular complexity index is 814. The van der Waals surface area contributed by atoms with E-state index in [9.17, 15) is 15.3 Å². The van der Waals surface area contributed by atoms with Gasteiger partial charge in [-0.05, 0) is 31.7 Å². The number of fused-ring (bicyclic) bond motifs is 2. The molecule has 7 bridgehead atoms. The maximum absolute atomic E-state index is 12.9. The number of likely N-dealkylation sites (N-methyl/N-ethyl adjacent to an activating group) is 1. The molecule has 1 spiro atoms. The third kappa shape index (κ3) is 2.20. The smallest absolute Gasteiger partial charge is 0.136 e. The van der Waals surface area contributed by atoms with Crippen molar-refractivity contribution in [2.75, 3.05) is 48.1 Å². The molecule has 8 nitrogen and oxygen atoms in total. The van der Waals surface area contributed by atoms with Gasteiger partial charge < -0.3 is 34.3 Å². The first-order valence-corrected chi connectivity index (χ1v) is 12.7.